The third-order valence-corrected chi connectivity index (χ3v) is 4.05. The van der Waals surface area contributed by atoms with Crippen LogP contribution in [-0.2, 0) is 4.79 Å². The van der Waals surface area contributed by atoms with Crippen LogP contribution in [0.25, 0.3) is 27.8 Å². The molecule has 4 rings (SSSR count). The zero-order valence-corrected chi connectivity index (χ0v) is 14.0. The summed E-state index contributed by atoms with van der Waals surface area (Å²) in [4.78, 5) is 15.1. The fourth-order valence-electron chi connectivity index (χ4n) is 2.85. The number of aliphatic carboxylic acids is 1. The molecule has 0 fully saturated rings. The lowest BCUT2D eigenvalue weighted by Crippen LogP contribution is -2.09. The summed E-state index contributed by atoms with van der Waals surface area (Å²) in [6.07, 6.45) is 3.37. The fourth-order valence-corrected chi connectivity index (χ4v) is 2.85. The number of halogens is 1. The van der Waals surface area contributed by atoms with Gasteiger partial charge in [-0.2, -0.15) is 5.10 Å². The van der Waals surface area contributed by atoms with Gasteiger partial charge < -0.3 is 9.84 Å². The van der Waals surface area contributed by atoms with Crippen molar-refractivity contribution < 1.29 is 19.0 Å². The molecule has 0 atom stereocenters. The van der Waals surface area contributed by atoms with Gasteiger partial charge in [-0.05, 0) is 41.5 Å². The number of rotatable bonds is 5. The Hall–Kier alpha value is -3.74. The molecule has 0 unspecified atom stereocenters. The average molecular weight is 363 g/mol. The first-order valence-corrected chi connectivity index (χ1v) is 8.15. The molecule has 0 bridgehead atoms. The Labute approximate surface area is 153 Å². The third-order valence-electron chi connectivity index (χ3n) is 4.05. The summed E-state index contributed by atoms with van der Waals surface area (Å²) >= 11 is 0. The predicted molar refractivity (Wildman–Crippen MR) is 97.4 cm³/mol. The van der Waals surface area contributed by atoms with Crippen molar-refractivity contribution in [3.63, 3.8) is 0 Å². The zero-order valence-electron chi connectivity index (χ0n) is 14.0. The van der Waals surface area contributed by atoms with Crippen LogP contribution >= 0.6 is 0 Å². The van der Waals surface area contributed by atoms with Crippen molar-refractivity contribution in [2.24, 2.45) is 0 Å². The van der Waals surface area contributed by atoms with Crippen molar-refractivity contribution in [1.82, 2.24) is 14.8 Å². The molecule has 0 saturated carbocycles. The number of pyridine rings is 1. The van der Waals surface area contributed by atoms with Crippen molar-refractivity contribution in [2.45, 2.75) is 0 Å². The van der Waals surface area contributed by atoms with E-state index in [1.807, 2.05) is 12.1 Å². The van der Waals surface area contributed by atoms with Crippen molar-refractivity contribution in [2.75, 3.05) is 6.61 Å². The Kier molecular flexibility index (Phi) is 4.25. The summed E-state index contributed by atoms with van der Waals surface area (Å²) in [5.74, 6) is -0.915. The van der Waals surface area contributed by atoms with Gasteiger partial charge >= 0.3 is 5.97 Å². The van der Waals surface area contributed by atoms with E-state index in [-0.39, 0.29) is 5.82 Å². The molecule has 0 radical (unpaired) electrons. The minimum Gasteiger partial charge on any atom is -0.482 e. The van der Waals surface area contributed by atoms with Gasteiger partial charge in [0, 0.05) is 17.6 Å². The van der Waals surface area contributed by atoms with Gasteiger partial charge in [0.05, 0.1) is 11.9 Å². The molecule has 6 nitrogen and oxygen atoms in total. The highest BCUT2D eigenvalue weighted by molar-refractivity contribution is 5.93. The summed E-state index contributed by atoms with van der Waals surface area (Å²) in [6, 6.07) is 15.1. The standard InChI is InChI=1S/C20H14FN3O3/c21-14-6-4-13(5-7-14)17-8-9-22-20-18(17)11-23-24(20)15-2-1-3-16(10-15)27-12-19(25)26/h1-11H,12H2,(H,25,26). The molecule has 0 amide bonds. The number of hydrogen-bond acceptors (Lipinski definition) is 4. The van der Waals surface area contributed by atoms with E-state index in [0.29, 0.717) is 17.1 Å². The summed E-state index contributed by atoms with van der Waals surface area (Å²) in [5.41, 5.74) is 3.08. The topological polar surface area (TPSA) is 77.2 Å². The molecular formula is C20H14FN3O3. The fraction of sp³-hybridized carbons (Fsp3) is 0.0500. The van der Waals surface area contributed by atoms with E-state index in [0.717, 1.165) is 16.5 Å². The van der Waals surface area contributed by atoms with E-state index in [2.05, 4.69) is 10.1 Å². The van der Waals surface area contributed by atoms with Gasteiger partial charge in [-0.3, -0.25) is 0 Å². The monoisotopic (exact) mass is 363 g/mol. The maximum Gasteiger partial charge on any atom is 0.341 e. The smallest absolute Gasteiger partial charge is 0.341 e. The lowest BCUT2D eigenvalue weighted by Gasteiger charge is -2.08. The predicted octanol–water partition coefficient (Wildman–Crippen LogP) is 3.69. The highest BCUT2D eigenvalue weighted by Gasteiger charge is 2.12. The molecule has 0 aliphatic carbocycles. The van der Waals surface area contributed by atoms with E-state index < -0.39 is 12.6 Å². The minimum absolute atomic E-state index is 0.294. The second-order valence-electron chi connectivity index (χ2n) is 5.84. The quantitative estimate of drug-likeness (QED) is 0.585. The molecule has 0 spiro atoms. The number of carboxylic acids is 1. The van der Waals surface area contributed by atoms with Gasteiger partial charge in [0.1, 0.15) is 11.6 Å². The summed E-state index contributed by atoms with van der Waals surface area (Å²) in [6.45, 7) is -0.420. The van der Waals surface area contributed by atoms with Crippen LogP contribution in [0, 0.1) is 5.82 Å². The molecule has 0 aliphatic rings. The first-order valence-electron chi connectivity index (χ1n) is 8.15. The van der Waals surface area contributed by atoms with E-state index in [4.69, 9.17) is 9.84 Å². The number of aromatic nitrogens is 3. The van der Waals surface area contributed by atoms with Crippen LogP contribution in [0.4, 0.5) is 4.39 Å². The maximum absolute atomic E-state index is 13.2. The molecule has 7 heteroatoms. The summed E-state index contributed by atoms with van der Waals surface area (Å²) in [7, 11) is 0. The van der Waals surface area contributed by atoms with Crippen LogP contribution in [0.5, 0.6) is 5.75 Å². The minimum atomic E-state index is -1.05. The van der Waals surface area contributed by atoms with Gasteiger partial charge in [0.15, 0.2) is 12.3 Å². The van der Waals surface area contributed by atoms with Crippen molar-refractivity contribution in [1.29, 1.82) is 0 Å². The Morgan fingerprint density at radius 3 is 2.74 bits per heavy atom. The number of nitrogens with zero attached hydrogens (tertiary/aromatic N) is 3. The van der Waals surface area contributed by atoms with Crippen molar-refractivity contribution in [3.05, 3.63) is 72.8 Å². The Morgan fingerprint density at radius 1 is 1.15 bits per heavy atom. The van der Waals surface area contributed by atoms with E-state index in [1.54, 1.807) is 47.4 Å². The van der Waals surface area contributed by atoms with Crippen LogP contribution in [0.2, 0.25) is 0 Å². The Morgan fingerprint density at radius 2 is 1.96 bits per heavy atom. The normalized spacial score (nSPS) is 10.9. The van der Waals surface area contributed by atoms with Gasteiger partial charge in [-0.1, -0.05) is 18.2 Å². The molecule has 0 aliphatic heterocycles. The summed E-state index contributed by atoms with van der Waals surface area (Å²) in [5, 5.41) is 14.0. The van der Waals surface area contributed by atoms with Crippen molar-refractivity contribution >= 4 is 17.0 Å². The average Bonchev–Trinajstić information content (AvgIpc) is 3.11. The molecule has 2 aromatic carbocycles. The van der Waals surface area contributed by atoms with E-state index in [9.17, 15) is 9.18 Å². The van der Waals surface area contributed by atoms with Gasteiger partial charge in [-0.15, -0.1) is 0 Å². The number of hydrogen-bond donors (Lipinski definition) is 1. The lowest BCUT2D eigenvalue weighted by atomic mass is 10.0. The van der Waals surface area contributed by atoms with Gasteiger partial charge in [-0.25, -0.2) is 18.9 Å². The number of fused-ring (bicyclic) bond motifs is 1. The van der Waals surface area contributed by atoms with Crippen LogP contribution in [0.1, 0.15) is 0 Å². The van der Waals surface area contributed by atoms with E-state index in [1.165, 1.54) is 12.1 Å². The highest BCUT2D eigenvalue weighted by atomic mass is 19.1. The molecular weight excluding hydrogens is 349 g/mol. The number of carboxylic acid groups (broad SMARTS) is 1. The van der Waals surface area contributed by atoms with Gasteiger partial charge in [0.25, 0.3) is 0 Å². The molecule has 134 valence electrons. The van der Waals surface area contributed by atoms with Crippen LogP contribution in [-0.4, -0.2) is 32.4 Å². The highest BCUT2D eigenvalue weighted by Crippen LogP contribution is 2.29. The molecule has 0 saturated heterocycles. The molecule has 2 heterocycles. The molecule has 2 aromatic heterocycles. The Balaban J connectivity index is 1.76. The second kappa shape index (κ2) is 6.87. The molecule has 27 heavy (non-hydrogen) atoms. The second-order valence-corrected chi connectivity index (χ2v) is 5.84. The maximum atomic E-state index is 13.2. The first-order chi connectivity index (χ1) is 13.1. The Bertz CT molecular complexity index is 1120. The van der Waals surface area contributed by atoms with Crippen LogP contribution in [0.15, 0.2) is 67.0 Å². The number of ether oxygens (including phenoxy) is 1. The summed E-state index contributed by atoms with van der Waals surface area (Å²) < 4.78 is 20.1. The third kappa shape index (κ3) is 3.35. The zero-order chi connectivity index (χ0) is 18.8. The lowest BCUT2D eigenvalue weighted by molar-refractivity contribution is -0.139. The van der Waals surface area contributed by atoms with Crippen molar-refractivity contribution in [3.8, 4) is 22.6 Å². The molecule has 1 N–H and O–H groups in total. The van der Waals surface area contributed by atoms with Crippen LogP contribution < -0.4 is 4.74 Å². The molecule has 4 aromatic rings. The largest absolute Gasteiger partial charge is 0.482 e. The number of benzene rings is 2. The van der Waals surface area contributed by atoms with Crippen LogP contribution in [0.3, 0.4) is 0 Å². The first kappa shape index (κ1) is 16.7. The SMILES string of the molecule is O=C(O)COc1cccc(-n2ncc3c(-c4ccc(F)cc4)ccnc32)c1. The number of carbonyl (C=O) groups is 1. The van der Waals surface area contributed by atoms with Gasteiger partial charge in [0.2, 0.25) is 0 Å². The van der Waals surface area contributed by atoms with E-state index >= 15 is 0 Å².